The Morgan fingerprint density at radius 2 is 2.08 bits per heavy atom. The molecule has 0 unspecified atom stereocenters. The predicted octanol–water partition coefficient (Wildman–Crippen LogP) is 2.56. The van der Waals surface area contributed by atoms with E-state index in [2.05, 4.69) is 17.1 Å². The van der Waals surface area contributed by atoms with Crippen molar-refractivity contribution in [2.75, 3.05) is 7.05 Å². The molecule has 1 N–H and O–H groups in total. The van der Waals surface area contributed by atoms with E-state index in [-0.39, 0.29) is 0 Å². The maximum atomic E-state index is 5.75. The molecule has 68 valence electrons. The van der Waals surface area contributed by atoms with Crippen molar-refractivity contribution in [1.29, 1.82) is 0 Å². The molecule has 0 radical (unpaired) electrons. The van der Waals surface area contributed by atoms with Gasteiger partial charge in [0.15, 0.2) is 0 Å². The third-order valence-corrected chi connectivity index (χ3v) is 1.82. The topological polar surface area (TPSA) is 24.4 Å². The van der Waals surface area contributed by atoms with Crippen LogP contribution in [0.2, 0.25) is 5.02 Å². The van der Waals surface area contributed by atoms with Crippen molar-refractivity contribution in [3.05, 3.63) is 41.4 Å². The van der Waals surface area contributed by atoms with Gasteiger partial charge in [-0.3, -0.25) is 0 Å². The van der Waals surface area contributed by atoms with Gasteiger partial charge in [-0.05, 0) is 23.3 Å². The van der Waals surface area contributed by atoms with Crippen molar-refractivity contribution in [2.24, 2.45) is 5.10 Å². The van der Waals surface area contributed by atoms with Crippen molar-refractivity contribution in [3.8, 4) is 0 Å². The number of halogens is 1. The Bertz CT molecular complexity index is 314. The lowest BCUT2D eigenvalue weighted by molar-refractivity contribution is 0.909. The molecule has 0 aromatic heterocycles. The first kappa shape index (κ1) is 9.81. The van der Waals surface area contributed by atoms with E-state index < -0.39 is 0 Å². The van der Waals surface area contributed by atoms with E-state index in [4.69, 9.17) is 11.6 Å². The van der Waals surface area contributed by atoms with Crippen LogP contribution in [0.1, 0.15) is 5.56 Å². The first-order valence-electron chi connectivity index (χ1n) is 3.88. The van der Waals surface area contributed by atoms with Crippen molar-refractivity contribution >= 4 is 23.4 Å². The molecule has 0 amide bonds. The molecule has 1 aromatic rings. The van der Waals surface area contributed by atoms with Crippen LogP contribution in [-0.2, 0) is 0 Å². The summed E-state index contributed by atoms with van der Waals surface area (Å²) in [6, 6.07) is 7.48. The van der Waals surface area contributed by atoms with Crippen LogP contribution >= 0.6 is 11.6 Å². The third kappa shape index (κ3) is 2.92. The molecule has 1 aromatic carbocycles. The quantitative estimate of drug-likeness (QED) is 0.581. The van der Waals surface area contributed by atoms with E-state index in [1.54, 1.807) is 13.3 Å². The SMILES string of the molecule is C=C(/C=N\NC)c1ccc(Cl)cc1. The van der Waals surface area contributed by atoms with E-state index in [9.17, 15) is 0 Å². The molecule has 0 aliphatic rings. The van der Waals surface area contributed by atoms with Gasteiger partial charge in [0.2, 0.25) is 0 Å². The number of hydrazone groups is 1. The van der Waals surface area contributed by atoms with Gasteiger partial charge in [-0.2, -0.15) is 5.10 Å². The summed E-state index contributed by atoms with van der Waals surface area (Å²) in [4.78, 5) is 0. The number of benzene rings is 1. The lowest BCUT2D eigenvalue weighted by atomic mass is 10.1. The first-order valence-corrected chi connectivity index (χ1v) is 4.26. The molecule has 0 fully saturated rings. The third-order valence-electron chi connectivity index (χ3n) is 1.56. The molecule has 0 heterocycles. The summed E-state index contributed by atoms with van der Waals surface area (Å²) in [5, 5.41) is 4.59. The zero-order valence-corrected chi connectivity index (χ0v) is 8.17. The summed E-state index contributed by atoms with van der Waals surface area (Å²) in [5.74, 6) is 0. The maximum absolute atomic E-state index is 5.75. The molecule has 0 aliphatic heterocycles. The molecule has 0 bridgehead atoms. The molecule has 3 heteroatoms. The van der Waals surface area contributed by atoms with Crippen LogP contribution in [0.5, 0.6) is 0 Å². The van der Waals surface area contributed by atoms with Gasteiger partial charge >= 0.3 is 0 Å². The van der Waals surface area contributed by atoms with Gasteiger partial charge in [0.25, 0.3) is 0 Å². The standard InChI is InChI=1S/C10H11ClN2/c1-8(7-13-12-2)9-3-5-10(11)6-4-9/h3-7,12H,1H2,2H3/b13-7-. The zero-order valence-electron chi connectivity index (χ0n) is 7.42. The van der Waals surface area contributed by atoms with Crippen LogP contribution in [0.3, 0.4) is 0 Å². The van der Waals surface area contributed by atoms with Crippen LogP contribution < -0.4 is 5.43 Å². The van der Waals surface area contributed by atoms with Crippen molar-refractivity contribution in [2.45, 2.75) is 0 Å². The summed E-state index contributed by atoms with van der Waals surface area (Å²) in [7, 11) is 1.74. The Morgan fingerprint density at radius 3 is 2.62 bits per heavy atom. The van der Waals surface area contributed by atoms with Gasteiger partial charge in [0.1, 0.15) is 0 Å². The second kappa shape index (κ2) is 4.67. The van der Waals surface area contributed by atoms with E-state index in [0.717, 1.165) is 16.2 Å². The minimum atomic E-state index is 0.724. The Kier molecular flexibility index (Phi) is 3.53. The average Bonchev–Trinajstić information content (AvgIpc) is 2.15. The minimum absolute atomic E-state index is 0.724. The number of hydrogen-bond donors (Lipinski definition) is 1. The van der Waals surface area contributed by atoms with Crippen LogP contribution in [0, 0.1) is 0 Å². The van der Waals surface area contributed by atoms with Crippen molar-refractivity contribution in [3.63, 3.8) is 0 Å². The molecule has 13 heavy (non-hydrogen) atoms. The number of hydrogen-bond acceptors (Lipinski definition) is 2. The smallest absolute Gasteiger partial charge is 0.0540 e. The van der Waals surface area contributed by atoms with Crippen LogP contribution in [0.15, 0.2) is 35.9 Å². The number of allylic oxidation sites excluding steroid dienone is 1. The normalized spacial score (nSPS) is 10.3. The van der Waals surface area contributed by atoms with E-state index in [0.29, 0.717) is 0 Å². The van der Waals surface area contributed by atoms with Crippen LogP contribution in [0.4, 0.5) is 0 Å². The van der Waals surface area contributed by atoms with Crippen LogP contribution in [-0.4, -0.2) is 13.3 Å². The summed E-state index contributed by atoms with van der Waals surface area (Å²) >= 11 is 5.75. The zero-order chi connectivity index (χ0) is 9.68. The van der Waals surface area contributed by atoms with Crippen molar-refractivity contribution in [1.82, 2.24) is 5.43 Å². The summed E-state index contributed by atoms with van der Waals surface area (Å²) < 4.78 is 0. The van der Waals surface area contributed by atoms with Gasteiger partial charge in [0, 0.05) is 12.1 Å². The highest BCUT2D eigenvalue weighted by Gasteiger charge is 1.94. The molecule has 1 rings (SSSR count). The molecule has 0 saturated heterocycles. The summed E-state index contributed by atoms with van der Waals surface area (Å²) in [6.45, 7) is 3.86. The molecule has 0 atom stereocenters. The summed E-state index contributed by atoms with van der Waals surface area (Å²) in [5.41, 5.74) is 4.53. The molecule has 0 spiro atoms. The Hall–Kier alpha value is -1.28. The van der Waals surface area contributed by atoms with Gasteiger partial charge < -0.3 is 5.43 Å². The van der Waals surface area contributed by atoms with Gasteiger partial charge in [-0.25, -0.2) is 0 Å². The van der Waals surface area contributed by atoms with E-state index in [1.165, 1.54) is 0 Å². The molecular formula is C10H11ClN2. The molecule has 2 nitrogen and oxygen atoms in total. The lowest BCUT2D eigenvalue weighted by Crippen LogP contribution is -1.94. The van der Waals surface area contributed by atoms with E-state index >= 15 is 0 Å². The first-order chi connectivity index (χ1) is 6.24. The van der Waals surface area contributed by atoms with Crippen LogP contribution in [0.25, 0.3) is 5.57 Å². The predicted molar refractivity (Wildman–Crippen MR) is 58.0 cm³/mol. The second-order valence-corrected chi connectivity index (χ2v) is 2.95. The van der Waals surface area contributed by atoms with Gasteiger partial charge in [-0.1, -0.05) is 30.3 Å². The number of rotatable bonds is 3. The fourth-order valence-electron chi connectivity index (χ4n) is 0.881. The lowest BCUT2D eigenvalue weighted by Gasteiger charge is -1.99. The Labute approximate surface area is 82.9 Å². The molecule has 0 aliphatic carbocycles. The van der Waals surface area contributed by atoms with Gasteiger partial charge in [0.05, 0.1) is 6.21 Å². The highest BCUT2D eigenvalue weighted by molar-refractivity contribution is 6.30. The fraction of sp³-hybridized carbons (Fsp3) is 0.100. The molecule has 0 saturated carbocycles. The summed E-state index contributed by atoms with van der Waals surface area (Å²) in [6.07, 6.45) is 1.67. The second-order valence-electron chi connectivity index (χ2n) is 2.51. The minimum Gasteiger partial charge on any atom is -0.313 e. The highest BCUT2D eigenvalue weighted by Crippen LogP contribution is 2.14. The monoisotopic (exact) mass is 194 g/mol. The number of nitrogens with one attached hydrogen (secondary N) is 1. The number of nitrogens with zero attached hydrogens (tertiary/aromatic N) is 1. The Balaban J connectivity index is 2.78. The fourth-order valence-corrected chi connectivity index (χ4v) is 1.01. The Morgan fingerprint density at radius 1 is 1.46 bits per heavy atom. The average molecular weight is 195 g/mol. The van der Waals surface area contributed by atoms with Crippen molar-refractivity contribution < 1.29 is 0 Å². The molecular weight excluding hydrogens is 184 g/mol. The maximum Gasteiger partial charge on any atom is 0.0540 e. The van der Waals surface area contributed by atoms with E-state index in [1.807, 2.05) is 24.3 Å². The highest BCUT2D eigenvalue weighted by atomic mass is 35.5. The van der Waals surface area contributed by atoms with Gasteiger partial charge in [-0.15, -0.1) is 0 Å². The largest absolute Gasteiger partial charge is 0.313 e.